The number of alkyl carbamates (subject to hydrolysis) is 1. The van der Waals surface area contributed by atoms with Gasteiger partial charge in [-0.2, -0.15) is 0 Å². The van der Waals surface area contributed by atoms with Gasteiger partial charge in [-0.3, -0.25) is 0 Å². The number of aromatic nitrogens is 4. The maximum Gasteiger partial charge on any atom is 0.407 e. The lowest BCUT2D eigenvalue weighted by molar-refractivity contribution is 0.143. The zero-order valence-corrected chi connectivity index (χ0v) is 25.3. The number of aryl methyl sites for hydroxylation is 2. The van der Waals surface area contributed by atoms with E-state index in [9.17, 15) is 13.2 Å². The van der Waals surface area contributed by atoms with E-state index in [2.05, 4.69) is 38.8 Å². The normalized spacial score (nSPS) is 11.7. The third-order valence-corrected chi connectivity index (χ3v) is 8.23. The molecule has 0 fully saturated rings. The van der Waals surface area contributed by atoms with E-state index >= 15 is 0 Å². The molecule has 0 aliphatic rings. The molecule has 2 aromatic heterocycles. The number of benzene rings is 2. The van der Waals surface area contributed by atoms with Gasteiger partial charge in [-0.1, -0.05) is 49.7 Å². The molecular formula is C29H36ClN7O4S. The molecular weight excluding hydrogens is 578 g/mol. The van der Waals surface area contributed by atoms with Crippen molar-refractivity contribution in [2.24, 2.45) is 5.92 Å². The first-order valence-corrected chi connectivity index (χ1v) is 15.7. The molecule has 0 radical (unpaired) electrons. The van der Waals surface area contributed by atoms with Gasteiger partial charge in [0.15, 0.2) is 11.5 Å². The van der Waals surface area contributed by atoms with Crippen molar-refractivity contribution in [1.29, 1.82) is 0 Å². The van der Waals surface area contributed by atoms with Gasteiger partial charge < -0.3 is 20.4 Å². The molecule has 13 heteroatoms. The predicted molar refractivity (Wildman–Crippen MR) is 162 cm³/mol. The molecule has 224 valence electrons. The van der Waals surface area contributed by atoms with Gasteiger partial charge in [0, 0.05) is 31.1 Å². The number of amides is 1. The number of halogens is 1. The number of sulfonamides is 1. The number of hydrogen-bond donors (Lipinski definition) is 3. The van der Waals surface area contributed by atoms with E-state index in [0.717, 1.165) is 41.9 Å². The highest BCUT2D eigenvalue weighted by Crippen LogP contribution is 2.18. The first kappa shape index (κ1) is 31.2. The minimum atomic E-state index is -3.69. The Morgan fingerprint density at radius 1 is 1.02 bits per heavy atom. The third kappa shape index (κ3) is 8.88. The molecule has 0 bridgehead atoms. The maximum atomic E-state index is 12.6. The summed E-state index contributed by atoms with van der Waals surface area (Å²) >= 11 is 5.87. The largest absolute Gasteiger partial charge is 0.450 e. The first-order chi connectivity index (χ1) is 20.1. The summed E-state index contributed by atoms with van der Waals surface area (Å²) in [7, 11) is -3.69. The Kier molecular flexibility index (Phi) is 10.7. The van der Waals surface area contributed by atoms with Crippen molar-refractivity contribution in [1.82, 2.24) is 29.6 Å². The summed E-state index contributed by atoms with van der Waals surface area (Å²) in [5, 5.41) is 3.27. The van der Waals surface area contributed by atoms with Gasteiger partial charge >= 0.3 is 6.09 Å². The summed E-state index contributed by atoms with van der Waals surface area (Å²) in [6, 6.07) is 13.2. The fourth-order valence-electron chi connectivity index (χ4n) is 4.13. The molecule has 0 unspecified atom stereocenters. The predicted octanol–water partition coefficient (Wildman–Crippen LogP) is 4.84. The van der Waals surface area contributed by atoms with Gasteiger partial charge in [-0.25, -0.2) is 32.9 Å². The van der Waals surface area contributed by atoms with Crippen molar-refractivity contribution in [3.8, 4) is 0 Å². The van der Waals surface area contributed by atoms with E-state index in [1.54, 1.807) is 42.7 Å². The lowest BCUT2D eigenvalue weighted by Crippen LogP contribution is -2.25. The summed E-state index contributed by atoms with van der Waals surface area (Å²) in [6.45, 7) is 5.58. The number of unbranched alkanes of at least 4 members (excludes halogenated alkanes) is 1. The number of anilines is 1. The Balaban J connectivity index is 1.17. The minimum Gasteiger partial charge on any atom is -0.450 e. The zero-order valence-electron chi connectivity index (χ0n) is 23.7. The van der Waals surface area contributed by atoms with Crippen molar-refractivity contribution >= 4 is 44.7 Å². The fraction of sp³-hybridized carbons (Fsp3) is 0.379. The number of nitrogens with one attached hydrogen (secondary N) is 2. The van der Waals surface area contributed by atoms with Crippen molar-refractivity contribution in [2.75, 3.05) is 12.3 Å². The van der Waals surface area contributed by atoms with Gasteiger partial charge in [0.2, 0.25) is 10.0 Å². The van der Waals surface area contributed by atoms with Gasteiger partial charge in [-0.05, 0) is 60.6 Å². The molecule has 2 aromatic carbocycles. The number of ether oxygens (including phenoxy) is 1. The highest BCUT2D eigenvalue weighted by Gasteiger charge is 2.14. The molecule has 4 N–H and O–H groups in total. The summed E-state index contributed by atoms with van der Waals surface area (Å²) in [4.78, 5) is 25.7. The number of fused-ring (bicyclic) bond motifs is 1. The lowest BCUT2D eigenvalue weighted by Gasteiger charge is -2.10. The smallest absolute Gasteiger partial charge is 0.407 e. The highest BCUT2D eigenvalue weighted by atomic mass is 35.5. The second-order valence-electron chi connectivity index (χ2n) is 10.4. The standard InChI is InChI=1S/C29H36ClN7O4S/c1-20(2)5-14-25-35-27(31)26-28(36-25)37(19-33-26)15-3-4-16-41-29(38)32-17-21-8-12-24(13-9-21)42(39,40)34-18-22-6-10-23(30)11-7-22/h6-13,19-20,34H,3-5,14-18H2,1-2H3,(H,32,38)(H2,31,35,36). The summed E-state index contributed by atoms with van der Waals surface area (Å²) in [5.41, 5.74) is 8.94. The van der Waals surface area contributed by atoms with Crippen LogP contribution in [-0.2, 0) is 40.8 Å². The Hall–Kier alpha value is -3.74. The fourth-order valence-corrected chi connectivity index (χ4v) is 5.27. The van der Waals surface area contributed by atoms with E-state index in [1.165, 1.54) is 12.1 Å². The maximum absolute atomic E-state index is 12.6. The molecule has 4 rings (SSSR count). The van der Waals surface area contributed by atoms with Crippen LogP contribution in [0.15, 0.2) is 59.8 Å². The van der Waals surface area contributed by atoms with Crippen LogP contribution >= 0.6 is 11.6 Å². The quantitative estimate of drug-likeness (QED) is 0.171. The van der Waals surface area contributed by atoms with Crippen LogP contribution in [0, 0.1) is 5.92 Å². The van der Waals surface area contributed by atoms with Crippen molar-refractivity contribution in [3.05, 3.63) is 76.8 Å². The summed E-state index contributed by atoms with van der Waals surface area (Å²) in [5.74, 6) is 1.66. The van der Waals surface area contributed by atoms with Gasteiger partial charge in [0.1, 0.15) is 11.3 Å². The molecule has 0 saturated carbocycles. The van der Waals surface area contributed by atoms with Gasteiger partial charge in [0.05, 0.1) is 17.8 Å². The second kappa shape index (κ2) is 14.4. The topological polar surface area (TPSA) is 154 Å². The number of carbonyl (C=O) groups is 1. The Morgan fingerprint density at radius 3 is 2.43 bits per heavy atom. The number of nitrogens with two attached hydrogens (primary N) is 1. The van der Waals surface area contributed by atoms with Crippen molar-refractivity contribution in [2.45, 2.75) is 64.1 Å². The van der Waals surface area contributed by atoms with Crippen LogP contribution in [0.3, 0.4) is 0 Å². The molecule has 4 aromatic rings. The molecule has 1 amide bonds. The number of carbonyl (C=O) groups excluding carboxylic acids is 1. The number of nitrogens with zero attached hydrogens (tertiary/aromatic N) is 4. The van der Waals surface area contributed by atoms with Crippen LogP contribution in [0.1, 0.15) is 50.1 Å². The zero-order chi connectivity index (χ0) is 30.1. The van der Waals surface area contributed by atoms with Crippen LogP contribution in [-0.4, -0.2) is 40.6 Å². The third-order valence-electron chi connectivity index (χ3n) is 6.56. The average Bonchev–Trinajstić information content (AvgIpc) is 3.38. The molecule has 2 heterocycles. The second-order valence-corrected chi connectivity index (χ2v) is 12.6. The molecule has 0 spiro atoms. The Morgan fingerprint density at radius 2 is 1.71 bits per heavy atom. The Bertz CT molecular complexity index is 1590. The van der Waals surface area contributed by atoms with Crippen molar-refractivity contribution in [3.63, 3.8) is 0 Å². The van der Waals surface area contributed by atoms with Crippen LogP contribution in [0.2, 0.25) is 5.02 Å². The van der Waals surface area contributed by atoms with E-state index in [0.29, 0.717) is 35.2 Å². The van der Waals surface area contributed by atoms with Crippen LogP contribution in [0.5, 0.6) is 0 Å². The number of imidazole rings is 1. The molecule has 0 atom stereocenters. The molecule has 42 heavy (non-hydrogen) atoms. The van der Waals surface area contributed by atoms with Crippen LogP contribution in [0.25, 0.3) is 11.2 Å². The molecule has 11 nitrogen and oxygen atoms in total. The van der Waals surface area contributed by atoms with E-state index in [-0.39, 0.29) is 24.6 Å². The van der Waals surface area contributed by atoms with E-state index in [4.69, 9.17) is 22.1 Å². The highest BCUT2D eigenvalue weighted by molar-refractivity contribution is 7.89. The monoisotopic (exact) mass is 613 g/mol. The number of hydrogen-bond acceptors (Lipinski definition) is 8. The average molecular weight is 614 g/mol. The molecule has 0 aliphatic heterocycles. The van der Waals surface area contributed by atoms with Crippen LogP contribution in [0.4, 0.5) is 10.6 Å². The molecule has 0 saturated heterocycles. The number of rotatable bonds is 14. The minimum absolute atomic E-state index is 0.134. The van der Waals surface area contributed by atoms with Crippen molar-refractivity contribution < 1.29 is 17.9 Å². The molecule has 0 aliphatic carbocycles. The lowest BCUT2D eigenvalue weighted by atomic mass is 10.1. The van der Waals surface area contributed by atoms with E-state index in [1.807, 2.05) is 4.57 Å². The van der Waals surface area contributed by atoms with Gasteiger partial charge in [-0.15, -0.1) is 0 Å². The van der Waals surface area contributed by atoms with Gasteiger partial charge in [0.25, 0.3) is 0 Å². The Labute approximate surface area is 250 Å². The summed E-state index contributed by atoms with van der Waals surface area (Å²) in [6.07, 6.45) is 4.32. The van der Waals surface area contributed by atoms with Crippen LogP contribution < -0.4 is 15.8 Å². The SMILES string of the molecule is CC(C)CCc1nc(N)c2ncn(CCCCOC(=O)NCc3ccc(S(=O)(=O)NCc4ccc(Cl)cc4)cc3)c2n1. The summed E-state index contributed by atoms with van der Waals surface area (Å²) < 4.78 is 35.0. The first-order valence-electron chi connectivity index (χ1n) is 13.8. The van der Waals surface area contributed by atoms with E-state index < -0.39 is 16.1 Å². The number of nitrogen functional groups attached to an aromatic ring is 1.